The van der Waals surface area contributed by atoms with Crippen LogP contribution >= 0.6 is 0 Å². The normalized spacial score (nSPS) is 18.9. The Kier molecular flexibility index (Phi) is 9.27. The zero-order chi connectivity index (χ0) is 32.6. The maximum Gasteiger partial charge on any atom is 0.254 e. The standard InChI is InChI=1S/C36H44FN5O2S/c1-23-11-12-32(31(19-23)39-6)40-15-13-28(14-16-40)21-29-24(2)20-25(3)34(27(29)5)36(43)42-18-17-41(22-26(42)4)33-10-8-9-30(37)35(33)45(7,38)44/h8-12,19-20,26,28,38H,13-18,21-22H2,1-5,7H3/t26-,45-/m0/s1. The van der Waals surface area contributed by atoms with E-state index in [-0.39, 0.29) is 16.8 Å². The predicted molar refractivity (Wildman–Crippen MR) is 181 cm³/mol. The first-order valence-corrected chi connectivity index (χ1v) is 17.7. The van der Waals surface area contributed by atoms with Crippen molar-refractivity contribution in [2.24, 2.45) is 5.92 Å². The van der Waals surface area contributed by atoms with Gasteiger partial charge in [-0.2, -0.15) is 0 Å². The van der Waals surface area contributed by atoms with Crippen LogP contribution in [0.15, 0.2) is 47.4 Å². The van der Waals surface area contributed by atoms with Crippen molar-refractivity contribution < 1.29 is 13.4 Å². The van der Waals surface area contributed by atoms with Crippen molar-refractivity contribution >= 4 is 32.7 Å². The molecule has 2 fully saturated rings. The fraction of sp³-hybridized carbons (Fsp3) is 0.444. The van der Waals surface area contributed by atoms with E-state index in [1.807, 2.05) is 36.6 Å². The zero-order valence-corrected chi connectivity index (χ0v) is 28.1. The van der Waals surface area contributed by atoms with E-state index in [0.29, 0.717) is 31.2 Å². The average Bonchev–Trinajstić information content (AvgIpc) is 2.98. The number of anilines is 2. The van der Waals surface area contributed by atoms with Crippen molar-refractivity contribution in [2.75, 3.05) is 48.8 Å². The lowest BCUT2D eigenvalue weighted by atomic mass is 9.83. The first kappa shape index (κ1) is 32.5. The van der Waals surface area contributed by atoms with Gasteiger partial charge in [0.15, 0.2) is 0 Å². The maximum atomic E-state index is 14.7. The molecule has 0 unspecified atom stereocenters. The average molecular weight is 630 g/mol. The summed E-state index contributed by atoms with van der Waals surface area (Å²) >= 11 is 0. The van der Waals surface area contributed by atoms with Crippen LogP contribution in [0.1, 0.15) is 57.9 Å². The van der Waals surface area contributed by atoms with Gasteiger partial charge in [-0.05, 0) is 100 Å². The van der Waals surface area contributed by atoms with E-state index in [2.05, 4.69) is 41.8 Å². The number of amides is 1. The molecule has 1 N–H and O–H groups in total. The second-order valence-corrected chi connectivity index (χ2v) is 15.0. The summed E-state index contributed by atoms with van der Waals surface area (Å²) in [4.78, 5) is 24.1. The van der Waals surface area contributed by atoms with Crippen LogP contribution in [0.25, 0.3) is 4.85 Å². The SMILES string of the molecule is [C-]#[N+]c1cc(C)ccc1N1CCC(Cc2c(C)cc(C)c(C(=O)N3CCN(c4cccc(F)c4[S@@](C)(=N)=O)C[C@@H]3C)c2C)CC1. The molecule has 5 rings (SSSR count). The lowest BCUT2D eigenvalue weighted by molar-refractivity contribution is 0.0672. The predicted octanol–water partition coefficient (Wildman–Crippen LogP) is 7.46. The van der Waals surface area contributed by atoms with Crippen molar-refractivity contribution in [3.8, 4) is 0 Å². The highest BCUT2D eigenvalue weighted by molar-refractivity contribution is 7.91. The van der Waals surface area contributed by atoms with Crippen LogP contribution in [0.4, 0.5) is 21.5 Å². The van der Waals surface area contributed by atoms with Gasteiger partial charge in [-0.3, -0.25) is 4.79 Å². The van der Waals surface area contributed by atoms with Gasteiger partial charge < -0.3 is 14.7 Å². The molecule has 0 saturated carbocycles. The molecule has 2 aliphatic rings. The van der Waals surface area contributed by atoms with E-state index in [4.69, 9.17) is 11.4 Å². The highest BCUT2D eigenvalue weighted by Gasteiger charge is 2.33. The first-order valence-electron chi connectivity index (χ1n) is 15.7. The van der Waals surface area contributed by atoms with Crippen LogP contribution in [0.5, 0.6) is 0 Å². The molecule has 2 heterocycles. The van der Waals surface area contributed by atoms with Gasteiger partial charge in [-0.15, -0.1) is 0 Å². The van der Waals surface area contributed by atoms with Gasteiger partial charge in [0.1, 0.15) is 10.7 Å². The second-order valence-electron chi connectivity index (χ2n) is 13.0. The number of halogens is 1. The quantitative estimate of drug-likeness (QED) is 0.288. The van der Waals surface area contributed by atoms with Crippen LogP contribution < -0.4 is 9.80 Å². The summed E-state index contributed by atoms with van der Waals surface area (Å²) in [7, 11) is -3.27. The number of carbonyl (C=O) groups excluding carboxylic acids is 1. The molecule has 45 heavy (non-hydrogen) atoms. The summed E-state index contributed by atoms with van der Waals surface area (Å²) < 4.78 is 35.4. The topological polar surface area (TPSA) is 72.1 Å². The molecule has 2 aliphatic heterocycles. The number of hydrogen-bond donors (Lipinski definition) is 1. The molecule has 1 amide bonds. The molecule has 7 nitrogen and oxygen atoms in total. The fourth-order valence-electron chi connectivity index (χ4n) is 7.28. The summed E-state index contributed by atoms with van der Waals surface area (Å²) in [5.74, 6) is -0.119. The molecule has 0 aromatic heterocycles. The molecule has 2 atom stereocenters. The smallest absolute Gasteiger partial charge is 0.254 e. The van der Waals surface area contributed by atoms with E-state index < -0.39 is 15.5 Å². The summed E-state index contributed by atoms with van der Waals surface area (Å²) in [5, 5.41) is 0. The lowest BCUT2D eigenvalue weighted by Gasteiger charge is -2.42. The molecule has 3 aromatic rings. The minimum absolute atomic E-state index is 0.0125. The van der Waals surface area contributed by atoms with Gasteiger partial charge in [0, 0.05) is 56.3 Å². The van der Waals surface area contributed by atoms with Crippen LogP contribution in [0.2, 0.25) is 0 Å². The first-order chi connectivity index (χ1) is 21.3. The summed E-state index contributed by atoms with van der Waals surface area (Å²) in [5.41, 5.74) is 8.58. The van der Waals surface area contributed by atoms with Gasteiger partial charge in [-0.1, -0.05) is 29.8 Å². The molecular formula is C36H44FN5O2S. The third-order valence-electron chi connectivity index (χ3n) is 9.61. The number of piperazine rings is 1. The molecule has 0 radical (unpaired) electrons. The van der Waals surface area contributed by atoms with Crippen LogP contribution in [-0.4, -0.2) is 60.0 Å². The molecule has 3 aromatic carbocycles. The number of piperidine rings is 1. The van der Waals surface area contributed by atoms with Crippen LogP contribution in [0, 0.1) is 50.8 Å². The molecule has 2 saturated heterocycles. The third-order valence-corrected chi connectivity index (χ3v) is 10.8. The van der Waals surface area contributed by atoms with Crippen molar-refractivity contribution in [1.29, 1.82) is 4.78 Å². The minimum atomic E-state index is -3.27. The molecule has 0 aliphatic carbocycles. The van der Waals surface area contributed by atoms with Gasteiger partial charge in [0.05, 0.1) is 22.0 Å². The van der Waals surface area contributed by atoms with E-state index in [1.165, 1.54) is 23.4 Å². The van der Waals surface area contributed by atoms with Crippen molar-refractivity contribution in [3.63, 3.8) is 0 Å². The molecule has 9 heteroatoms. The number of hydrogen-bond acceptors (Lipinski definition) is 5. The summed E-state index contributed by atoms with van der Waals surface area (Å²) in [6.45, 7) is 21.1. The van der Waals surface area contributed by atoms with Gasteiger partial charge in [0.25, 0.3) is 5.91 Å². The van der Waals surface area contributed by atoms with Crippen LogP contribution in [0.3, 0.4) is 0 Å². The summed E-state index contributed by atoms with van der Waals surface area (Å²) in [6, 6.07) is 12.7. The Balaban J connectivity index is 1.31. The Bertz CT molecular complexity index is 1770. The van der Waals surface area contributed by atoms with Gasteiger partial charge in [-0.25, -0.2) is 18.2 Å². The van der Waals surface area contributed by atoms with Crippen molar-refractivity contribution in [3.05, 3.63) is 93.1 Å². The Morgan fingerprint density at radius 1 is 1.00 bits per heavy atom. The fourth-order valence-corrected chi connectivity index (χ4v) is 8.32. The van der Waals surface area contributed by atoms with E-state index in [9.17, 15) is 13.4 Å². The second kappa shape index (κ2) is 12.8. The Morgan fingerprint density at radius 3 is 2.36 bits per heavy atom. The number of rotatable bonds is 6. The number of benzene rings is 3. The lowest BCUT2D eigenvalue weighted by Crippen LogP contribution is -2.54. The Hall–Kier alpha value is -3.90. The third kappa shape index (κ3) is 6.57. The zero-order valence-electron chi connectivity index (χ0n) is 27.2. The molecule has 238 valence electrons. The van der Waals surface area contributed by atoms with Gasteiger partial charge >= 0.3 is 0 Å². The van der Waals surface area contributed by atoms with Crippen molar-refractivity contribution in [1.82, 2.24) is 4.90 Å². The number of carbonyl (C=O) groups is 1. The molecule has 0 spiro atoms. The number of nitrogens with zero attached hydrogens (tertiary/aromatic N) is 4. The van der Waals surface area contributed by atoms with Crippen molar-refractivity contribution in [2.45, 2.75) is 64.8 Å². The number of aryl methyl sites for hydroxylation is 3. The molecule has 0 bridgehead atoms. The minimum Gasteiger partial charge on any atom is -0.380 e. The Labute approximate surface area is 267 Å². The maximum absolute atomic E-state index is 14.7. The Morgan fingerprint density at radius 2 is 1.71 bits per heavy atom. The highest BCUT2D eigenvalue weighted by Crippen LogP contribution is 2.36. The largest absolute Gasteiger partial charge is 0.380 e. The monoisotopic (exact) mass is 629 g/mol. The van der Waals surface area contributed by atoms with E-state index in [1.54, 1.807) is 12.1 Å². The molecular weight excluding hydrogens is 585 g/mol. The van der Waals surface area contributed by atoms with Crippen LogP contribution in [-0.2, 0) is 16.1 Å². The van der Waals surface area contributed by atoms with E-state index in [0.717, 1.165) is 66.0 Å². The highest BCUT2D eigenvalue weighted by atomic mass is 32.2. The summed E-state index contributed by atoms with van der Waals surface area (Å²) in [6.07, 6.45) is 4.23. The van der Waals surface area contributed by atoms with E-state index >= 15 is 0 Å². The van der Waals surface area contributed by atoms with Gasteiger partial charge in [0.2, 0.25) is 5.69 Å². The number of nitrogens with one attached hydrogen (secondary N) is 1.